The third-order valence-corrected chi connectivity index (χ3v) is 3.14. The summed E-state index contributed by atoms with van der Waals surface area (Å²) >= 11 is 0. The van der Waals surface area contributed by atoms with Gasteiger partial charge in [0.1, 0.15) is 5.75 Å². The Morgan fingerprint density at radius 3 is 2.33 bits per heavy atom. The van der Waals surface area contributed by atoms with Gasteiger partial charge in [-0.25, -0.2) is 0 Å². The third kappa shape index (κ3) is 2.15. The molecule has 0 radical (unpaired) electrons. The quantitative estimate of drug-likeness (QED) is 0.826. The molecule has 1 rings (SSSR count). The van der Waals surface area contributed by atoms with Crippen molar-refractivity contribution in [1.29, 1.82) is 0 Å². The van der Waals surface area contributed by atoms with Crippen molar-refractivity contribution in [2.24, 2.45) is 5.73 Å². The molecule has 1 atom stereocenters. The molecule has 0 bridgehead atoms. The van der Waals surface area contributed by atoms with Crippen molar-refractivity contribution >= 4 is 0 Å². The highest BCUT2D eigenvalue weighted by Crippen LogP contribution is 2.31. The van der Waals surface area contributed by atoms with Crippen molar-refractivity contribution in [3.8, 4) is 5.75 Å². The highest BCUT2D eigenvalue weighted by Gasteiger charge is 2.14. The van der Waals surface area contributed by atoms with Crippen LogP contribution in [-0.4, -0.2) is 7.11 Å². The summed E-state index contributed by atoms with van der Waals surface area (Å²) in [5.74, 6) is 0.956. The molecule has 0 spiro atoms. The molecule has 2 nitrogen and oxygen atoms in total. The number of hydrogen-bond acceptors (Lipinski definition) is 2. The summed E-state index contributed by atoms with van der Waals surface area (Å²) in [7, 11) is 1.71. The normalized spacial score (nSPS) is 12.7. The fourth-order valence-corrected chi connectivity index (χ4v) is 2.05. The Kier molecular flexibility index (Phi) is 3.75. The molecule has 2 heteroatoms. The van der Waals surface area contributed by atoms with Gasteiger partial charge >= 0.3 is 0 Å². The van der Waals surface area contributed by atoms with Gasteiger partial charge in [-0.15, -0.1) is 0 Å². The molecular formula is C13H21NO. The van der Waals surface area contributed by atoms with E-state index in [9.17, 15) is 0 Å². The highest BCUT2D eigenvalue weighted by molar-refractivity contribution is 5.49. The van der Waals surface area contributed by atoms with Gasteiger partial charge in [-0.2, -0.15) is 0 Å². The summed E-state index contributed by atoms with van der Waals surface area (Å²) in [4.78, 5) is 0. The first-order valence-electron chi connectivity index (χ1n) is 5.43. The average Bonchev–Trinajstić information content (AvgIpc) is 2.23. The van der Waals surface area contributed by atoms with Gasteiger partial charge < -0.3 is 10.5 Å². The Balaban J connectivity index is 3.35. The van der Waals surface area contributed by atoms with Gasteiger partial charge in [0, 0.05) is 6.04 Å². The standard InChI is InChI=1S/C13H21NO/c1-6-11(14)13-8(2)7-12(15-5)9(3)10(13)4/h7,11H,6,14H2,1-5H3. The zero-order chi connectivity index (χ0) is 11.6. The second-order valence-electron chi connectivity index (χ2n) is 4.07. The molecule has 0 aliphatic rings. The van der Waals surface area contributed by atoms with Crippen LogP contribution in [0.1, 0.15) is 41.6 Å². The van der Waals surface area contributed by atoms with E-state index in [0.29, 0.717) is 0 Å². The molecule has 84 valence electrons. The van der Waals surface area contributed by atoms with Gasteiger partial charge in [0.2, 0.25) is 0 Å². The third-order valence-electron chi connectivity index (χ3n) is 3.14. The number of methoxy groups -OCH3 is 1. The Morgan fingerprint density at radius 2 is 1.87 bits per heavy atom. The summed E-state index contributed by atoms with van der Waals surface area (Å²) in [6.45, 7) is 8.41. The zero-order valence-corrected chi connectivity index (χ0v) is 10.3. The van der Waals surface area contributed by atoms with Crippen LogP contribution in [0.5, 0.6) is 5.75 Å². The number of benzene rings is 1. The van der Waals surface area contributed by atoms with Crippen LogP contribution in [0.4, 0.5) is 0 Å². The fourth-order valence-electron chi connectivity index (χ4n) is 2.05. The topological polar surface area (TPSA) is 35.2 Å². The molecule has 0 fully saturated rings. The Labute approximate surface area is 92.4 Å². The van der Waals surface area contributed by atoms with Crippen LogP contribution >= 0.6 is 0 Å². The van der Waals surface area contributed by atoms with Crippen LogP contribution in [-0.2, 0) is 0 Å². The van der Waals surface area contributed by atoms with Crippen molar-refractivity contribution < 1.29 is 4.74 Å². The van der Waals surface area contributed by atoms with Crippen LogP contribution in [0.3, 0.4) is 0 Å². The van der Waals surface area contributed by atoms with Gasteiger partial charge in [0.05, 0.1) is 7.11 Å². The Hall–Kier alpha value is -1.02. The van der Waals surface area contributed by atoms with Crippen molar-refractivity contribution in [3.63, 3.8) is 0 Å². The van der Waals surface area contributed by atoms with Gasteiger partial charge in [0.25, 0.3) is 0 Å². The maximum Gasteiger partial charge on any atom is 0.122 e. The molecule has 0 heterocycles. The molecule has 0 aliphatic carbocycles. The second-order valence-corrected chi connectivity index (χ2v) is 4.07. The summed E-state index contributed by atoms with van der Waals surface area (Å²) in [5.41, 5.74) is 11.1. The second kappa shape index (κ2) is 4.67. The van der Waals surface area contributed by atoms with Crippen LogP contribution < -0.4 is 10.5 Å². The monoisotopic (exact) mass is 207 g/mol. The molecule has 0 amide bonds. The first kappa shape index (κ1) is 12.1. The van der Waals surface area contributed by atoms with Crippen molar-refractivity contribution in [2.45, 2.75) is 40.2 Å². The lowest BCUT2D eigenvalue weighted by Gasteiger charge is -2.20. The zero-order valence-electron chi connectivity index (χ0n) is 10.3. The van der Waals surface area contributed by atoms with Crippen LogP contribution in [0.15, 0.2) is 6.07 Å². The van der Waals surface area contributed by atoms with E-state index in [-0.39, 0.29) is 6.04 Å². The summed E-state index contributed by atoms with van der Waals surface area (Å²) < 4.78 is 5.33. The lowest BCUT2D eigenvalue weighted by atomic mass is 9.91. The molecule has 1 aromatic rings. The van der Waals surface area contributed by atoms with Crippen LogP contribution in [0.2, 0.25) is 0 Å². The molecular weight excluding hydrogens is 186 g/mol. The van der Waals surface area contributed by atoms with Gasteiger partial charge in [-0.05, 0) is 55.5 Å². The van der Waals surface area contributed by atoms with Gasteiger partial charge in [-0.3, -0.25) is 0 Å². The van der Waals surface area contributed by atoms with E-state index in [1.54, 1.807) is 7.11 Å². The van der Waals surface area contributed by atoms with Crippen molar-refractivity contribution in [3.05, 3.63) is 28.3 Å². The molecule has 15 heavy (non-hydrogen) atoms. The molecule has 0 aromatic heterocycles. The van der Waals surface area contributed by atoms with E-state index in [1.807, 2.05) is 0 Å². The predicted molar refractivity (Wildman–Crippen MR) is 64.4 cm³/mol. The van der Waals surface area contributed by atoms with Gasteiger partial charge in [0.15, 0.2) is 0 Å². The summed E-state index contributed by atoms with van der Waals surface area (Å²) in [6, 6.07) is 2.21. The molecule has 0 saturated heterocycles. The minimum Gasteiger partial charge on any atom is -0.496 e. The predicted octanol–water partition coefficient (Wildman–Crippen LogP) is 3.03. The molecule has 0 saturated carbocycles. The van der Waals surface area contributed by atoms with Crippen molar-refractivity contribution in [1.82, 2.24) is 0 Å². The summed E-state index contributed by atoms with van der Waals surface area (Å²) in [6.07, 6.45) is 0.966. The smallest absolute Gasteiger partial charge is 0.122 e. The lowest BCUT2D eigenvalue weighted by Crippen LogP contribution is -2.13. The van der Waals surface area contributed by atoms with Gasteiger partial charge in [-0.1, -0.05) is 6.92 Å². The molecule has 2 N–H and O–H groups in total. The molecule has 1 unspecified atom stereocenters. The fraction of sp³-hybridized carbons (Fsp3) is 0.538. The van der Waals surface area contributed by atoms with E-state index >= 15 is 0 Å². The maximum atomic E-state index is 6.12. The van der Waals surface area contributed by atoms with E-state index in [2.05, 4.69) is 33.8 Å². The average molecular weight is 207 g/mol. The number of aryl methyl sites for hydroxylation is 1. The minimum absolute atomic E-state index is 0.134. The Morgan fingerprint density at radius 1 is 1.27 bits per heavy atom. The van der Waals surface area contributed by atoms with E-state index < -0.39 is 0 Å². The number of ether oxygens (including phenoxy) is 1. The SMILES string of the molecule is CCC(N)c1c(C)cc(OC)c(C)c1C. The van der Waals surface area contributed by atoms with E-state index in [1.165, 1.54) is 22.3 Å². The highest BCUT2D eigenvalue weighted by atomic mass is 16.5. The van der Waals surface area contributed by atoms with Crippen molar-refractivity contribution in [2.75, 3.05) is 7.11 Å². The first-order valence-corrected chi connectivity index (χ1v) is 5.43. The van der Waals surface area contributed by atoms with Crippen LogP contribution in [0.25, 0.3) is 0 Å². The van der Waals surface area contributed by atoms with Crippen LogP contribution in [0, 0.1) is 20.8 Å². The maximum absolute atomic E-state index is 6.12. The molecule has 1 aromatic carbocycles. The van der Waals surface area contributed by atoms with E-state index in [4.69, 9.17) is 10.5 Å². The number of rotatable bonds is 3. The first-order chi connectivity index (χ1) is 7.02. The lowest BCUT2D eigenvalue weighted by molar-refractivity contribution is 0.410. The molecule has 0 aliphatic heterocycles. The Bertz CT molecular complexity index is 358. The van der Waals surface area contributed by atoms with E-state index in [0.717, 1.165) is 12.2 Å². The largest absolute Gasteiger partial charge is 0.496 e. The minimum atomic E-state index is 0.134. The number of nitrogens with two attached hydrogens (primary N) is 1. The summed E-state index contributed by atoms with van der Waals surface area (Å²) in [5, 5.41) is 0. The number of hydrogen-bond donors (Lipinski definition) is 1.